The van der Waals surface area contributed by atoms with E-state index >= 15 is 0 Å². The lowest BCUT2D eigenvalue weighted by atomic mass is 10.5. The van der Waals surface area contributed by atoms with E-state index in [0.29, 0.717) is 5.13 Å². The molecule has 6 nitrogen and oxygen atoms in total. The standard InChI is InChI=1S/C7H9N3O3S/c1-4(11)8-7-9-5(3-14-7)6(12)10-13-2/h3H,1-2H3,(H,10,12)(H,8,9,11). The van der Waals surface area contributed by atoms with Gasteiger partial charge in [0.2, 0.25) is 5.91 Å². The van der Waals surface area contributed by atoms with E-state index in [1.807, 2.05) is 0 Å². The predicted octanol–water partition coefficient (Wildman–Crippen LogP) is 0.393. The minimum absolute atomic E-state index is 0.209. The molecule has 0 radical (unpaired) electrons. The summed E-state index contributed by atoms with van der Waals surface area (Å²) in [4.78, 5) is 30.1. The van der Waals surface area contributed by atoms with Gasteiger partial charge >= 0.3 is 0 Å². The van der Waals surface area contributed by atoms with Crippen molar-refractivity contribution in [2.24, 2.45) is 0 Å². The Morgan fingerprint density at radius 2 is 2.29 bits per heavy atom. The normalized spacial score (nSPS) is 9.57. The third-order valence-electron chi connectivity index (χ3n) is 1.21. The molecule has 0 fully saturated rings. The van der Waals surface area contributed by atoms with E-state index in [1.165, 1.54) is 30.8 Å². The van der Waals surface area contributed by atoms with Crippen molar-refractivity contribution >= 4 is 28.3 Å². The largest absolute Gasteiger partial charge is 0.302 e. The average Bonchev–Trinajstić information content (AvgIpc) is 2.52. The topological polar surface area (TPSA) is 80.3 Å². The Bertz CT molecular complexity index is 350. The Hall–Kier alpha value is -1.47. The summed E-state index contributed by atoms with van der Waals surface area (Å²) >= 11 is 1.17. The first-order chi connectivity index (χ1) is 6.63. The quantitative estimate of drug-likeness (QED) is 0.715. The summed E-state index contributed by atoms with van der Waals surface area (Å²) < 4.78 is 0. The number of carbonyl (C=O) groups is 2. The first-order valence-corrected chi connectivity index (χ1v) is 4.58. The molecule has 0 bridgehead atoms. The minimum atomic E-state index is -0.444. The van der Waals surface area contributed by atoms with Gasteiger partial charge in [0, 0.05) is 12.3 Å². The summed E-state index contributed by atoms with van der Waals surface area (Å²) in [5.41, 5.74) is 2.33. The molecule has 0 unspecified atom stereocenters. The van der Waals surface area contributed by atoms with Crippen LogP contribution in [-0.4, -0.2) is 23.9 Å². The Labute approximate surface area is 84.2 Å². The van der Waals surface area contributed by atoms with Crippen LogP contribution in [0.5, 0.6) is 0 Å². The van der Waals surface area contributed by atoms with Gasteiger partial charge in [0.25, 0.3) is 5.91 Å². The molecule has 1 aromatic heterocycles. The number of thiazole rings is 1. The second kappa shape index (κ2) is 4.68. The highest BCUT2D eigenvalue weighted by molar-refractivity contribution is 7.14. The molecule has 0 saturated heterocycles. The molecule has 0 atom stereocenters. The summed E-state index contributed by atoms with van der Waals surface area (Å²) in [6, 6.07) is 0. The number of rotatable bonds is 3. The van der Waals surface area contributed by atoms with E-state index in [4.69, 9.17) is 0 Å². The summed E-state index contributed by atoms with van der Waals surface area (Å²) in [5, 5.41) is 4.38. The van der Waals surface area contributed by atoms with Gasteiger partial charge in [0.05, 0.1) is 7.11 Å². The van der Waals surface area contributed by atoms with Crippen molar-refractivity contribution in [1.29, 1.82) is 0 Å². The van der Waals surface area contributed by atoms with Crippen LogP contribution in [0.4, 0.5) is 5.13 Å². The molecule has 0 aromatic carbocycles. The summed E-state index contributed by atoms with van der Waals surface area (Å²) in [6.45, 7) is 1.37. The molecule has 1 heterocycles. The van der Waals surface area contributed by atoms with Gasteiger partial charge in [-0.25, -0.2) is 10.5 Å². The third-order valence-corrected chi connectivity index (χ3v) is 1.97. The predicted molar refractivity (Wildman–Crippen MR) is 50.9 cm³/mol. The van der Waals surface area contributed by atoms with Gasteiger partial charge < -0.3 is 5.32 Å². The van der Waals surface area contributed by atoms with Gasteiger partial charge in [-0.1, -0.05) is 0 Å². The number of nitrogens with one attached hydrogen (secondary N) is 2. The SMILES string of the molecule is CONC(=O)c1csc(NC(C)=O)n1. The van der Waals surface area contributed by atoms with Crippen LogP contribution in [0.1, 0.15) is 17.4 Å². The van der Waals surface area contributed by atoms with E-state index < -0.39 is 5.91 Å². The summed E-state index contributed by atoms with van der Waals surface area (Å²) in [5.74, 6) is -0.668. The van der Waals surface area contributed by atoms with Crippen LogP contribution in [-0.2, 0) is 9.63 Å². The second-order valence-corrected chi connectivity index (χ2v) is 3.21. The van der Waals surface area contributed by atoms with Crippen molar-refractivity contribution in [3.63, 3.8) is 0 Å². The Morgan fingerprint density at radius 3 is 2.86 bits per heavy atom. The molecule has 2 N–H and O–H groups in total. The van der Waals surface area contributed by atoms with Crippen LogP contribution in [0, 0.1) is 0 Å². The van der Waals surface area contributed by atoms with Crippen LogP contribution in [0.3, 0.4) is 0 Å². The number of nitrogens with zero attached hydrogens (tertiary/aromatic N) is 1. The number of carbonyl (C=O) groups excluding carboxylic acids is 2. The van der Waals surface area contributed by atoms with Gasteiger partial charge in [-0.15, -0.1) is 11.3 Å². The van der Waals surface area contributed by atoms with Crippen molar-refractivity contribution in [3.8, 4) is 0 Å². The van der Waals surface area contributed by atoms with E-state index in [-0.39, 0.29) is 11.6 Å². The molecule has 14 heavy (non-hydrogen) atoms. The molecule has 76 valence electrons. The lowest BCUT2D eigenvalue weighted by Gasteiger charge is -1.96. The number of aromatic nitrogens is 1. The molecule has 1 aromatic rings. The number of hydrogen-bond donors (Lipinski definition) is 2. The Balaban J connectivity index is 2.67. The fraction of sp³-hybridized carbons (Fsp3) is 0.286. The lowest BCUT2D eigenvalue weighted by molar-refractivity contribution is -0.114. The van der Waals surface area contributed by atoms with Crippen LogP contribution in [0.2, 0.25) is 0 Å². The van der Waals surface area contributed by atoms with E-state index in [1.54, 1.807) is 0 Å². The van der Waals surface area contributed by atoms with Crippen LogP contribution >= 0.6 is 11.3 Å². The maximum atomic E-state index is 11.1. The van der Waals surface area contributed by atoms with Gasteiger partial charge in [-0.2, -0.15) is 0 Å². The van der Waals surface area contributed by atoms with Gasteiger partial charge in [0.1, 0.15) is 5.69 Å². The molecule has 0 aliphatic rings. The molecule has 0 saturated carbocycles. The zero-order chi connectivity index (χ0) is 10.6. The maximum Gasteiger partial charge on any atom is 0.294 e. The molecular weight excluding hydrogens is 206 g/mol. The number of hydroxylamine groups is 1. The smallest absolute Gasteiger partial charge is 0.294 e. The minimum Gasteiger partial charge on any atom is -0.302 e. The van der Waals surface area contributed by atoms with E-state index in [2.05, 4.69) is 20.6 Å². The van der Waals surface area contributed by atoms with Crippen molar-refractivity contribution < 1.29 is 14.4 Å². The van der Waals surface area contributed by atoms with Crippen molar-refractivity contribution in [3.05, 3.63) is 11.1 Å². The molecule has 0 aliphatic carbocycles. The number of hydrogen-bond acceptors (Lipinski definition) is 5. The Morgan fingerprint density at radius 1 is 1.57 bits per heavy atom. The maximum absolute atomic E-state index is 11.1. The van der Waals surface area contributed by atoms with Gasteiger partial charge in [0.15, 0.2) is 5.13 Å². The first kappa shape index (κ1) is 10.6. The highest BCUT2D eigenvalue weighted by Gasteiger charge is 2.10. The zero-order valence-electron chi connectivity index (χ0n) is 7.66. The monoisotopic (exact) mass is 215 g/mol. The highest BCUT2D eigenvalue weighted by Crippen LogP contribution is 2.14. The van der Waals surface area contributed by atoms with E-state index in [9.17, 15) is 9.59 Å². The summed E-state index contributed by atoms with van der Waals surface area (Å²) in [7, 11) is 1.33. The fourth-order valence-electron chi connectivity index (χ4n) is 0.731. The lowest BCUT2D eigenvalue weighted by Crippen LogP contribution is -2.22. The first-order valence-electron chi connectivity index (χ1n) is 3.70. The number of amides is 2. The zero-order valence-corrected chi connectivity index (χ0v) is 8.47. The molecule has 0 aliphatic heterocycles. The molecule has 7 heteroatoms. The van der Waals surface area contributed by atoms with Gasteiger partial charge in [-0.05, 0) is 0 Å². The Kier molecular flexibility index (Phi) is 3.55. The second-order valence-electron chi connectivity index (χ2n) is 2.35. The van der Waals surface area contributed by atoms with E-state index in [0.717, 1.165) is 0 Å². The fourth-order valence-corrected chi connectivity index (χ4v) is 1.47. The van der Waals surface area contributed by atoms with Crippen LogP contribution in [0.25, 0.3) is 0 Å². The third kappa shape index (κ3) is 2.79. The molecule has 0 spiro atoms. The van der Waals surface area contributed by atoms with Gasteiger partial charge in [-0.3, -0.25) is 14.4 Å². The van der Waals surface area contributed by atoms with Crippen LogP contribution in [0.15, 0.2) is 5.38 Å². The van der Waals surface area contributed by atoms with Crippen molar-refractivity contribution in [2.75, 3.05) is 12.4 Å². The number of anilines is 1. The van der Waals surface area contributed by atoms with Crippen molar-refractivity contribution in [2.45, 2.75) is 6.92 Å². The highest BCUT2D eigenvalue weighted by atomic mass is 32.1. The average molecular weight is 215 g/mol. The van der Waals surface area contributed by atoms with Crippen LogP contribution < -0.4 is 10.8 Å². The summed E-state index contributed by atoms with van der Waals surface area (Å²) in [6.07, 6.45) is 0. The van der Waals surface area contributed by atoms with Crippen molar-refractivity contribution in [1.82, 2.24) is 10.5 Å². The molecule has 1 rings (SSSR count). The molecule has 2 amide bonds. The molecular formula is C7H9N3O3S.